The SMILES string of the molecule is O=S1(=O)c2cccc[c]2[Bi]([O]c2ccccc2)[c]2ccccc21. The van der Waals surface area contributed by atoms with Crippen molar-refractivity contribution in [3.8, 4) is 5.75 Å². The second kappa shape index (κ2) is 5.73. The van der Waals surface area contributed by atoms with Crippen LogP contribution < -0.4 is 9.36 Å². The van der Waals surface area contributed by atoms with Gasteiger partial charge in [0.1, 0.15) is 0 Å². The molecule has 0 bridgehead atoms. The molecule has 4 rings (SSSR count). The molecule has 0 saturated heterocycles. The zero-order valence-corrected chi connectivity index (χ0v) is 16.4. The van der Waals surface area contributed by atoms with Crippen LogP contribution in [0.1, 0.15) is 0 Å². The van der Waals surface area contributed by atoms with Gasteiger partial charge in [0, 0.05) is 0 Å². The molecule has 0 fully saturated rings. The van der Waals surface area contributed by atoms with Gasteiger partial charge >= 0.3 is 144 Å². The fourth-order valence-corrected chi connectivity index (χ4v) is 15.3. The van der Waals surface area contributed by atoms with Gasteiger partial charge in [0.2, 0.25) is 0 Å². The molecule has 3 aromatic rings. The Morgan fingerprint density at radius 2 is 1.13 bits per heavy atom. The summed E-state index contributed by atoms with van der Waals surface area (Å²) in [7, 11) is -3.46. The Morgan fingerprint density at radius 3 is 1.70 bits per heavy atom. The van der Waals surface area contributed by atoms with Crippen molar-refractivity contribution >= 4 is 38.6 Å². The van der Waals surface area contributed by atoms with E-state index < -0.39 is 32.0 Å². The van der Waals surface area contributed by atoms with E-state index in [0.29, 0.717) is 9.79 Å². The molecule has 0 saturated carbocycles. The minimum absolute atomic E-state index is 0.410. The molecule has 0 amide bonds. The number of fused-ring (bicyclic) bond motifs is 2. The van der Waals surface area contributed by atoms with Crippen LogP contribution in [0.5, 0.6) is 5.75 Å². The zero-order chi connectivity index (χ0) is 15.9. The molecule has 3 aromatic carbocycles. The Kier molecular flexibility index (Phi) is 3.70. The zero-order valence-electron chi connectivity index (χ0n) is 12.1. The first-order chi connectivity index (χ1) is 11.2. The number of rotatable bonds is 2. The predicted molar refractivity (Wildman–Crippen MR) is 90.4 cm³/mol. The maximum absolute atomic E-state index is 12.9. The van der Waals surface area contributed by atoms with Gasteiger partial charge in [-0.25, -0.2) is 0 Å². The van der Waals surface area contributed by atoms with E-state index in [0.717, 1.165) is 12.3 Å². The summed E-state index contributed by atoms with van der Waals surface area (Å²) >= 11 is -2.89. The van der Waals surface area contributed by atoms with Crippen molar-refractivity contribution in [2.75, 3.05) is 0 Å². The Balaban J connectivity index is 1.94. The Labute approximate surface area is 143 Å². The Hall–Kier alpha value is -1.71. The van der Waals surface area contributed by atoms with Gasteiger partial charge < -0.3 is 0 Å². The molecular formula is C18H13BiO3S. The summed E-state index contributed by atoms with van der Waals surface area (Å²) in [6.45, 7) is 0. The first-order valence-electron chi connectivity index (χ1n) is 7.14. The van der Waals surface area contributed by atoms with E-state index in [9.17, 15) is 8.42 Å². The molecule has 23 heavy (non-hydrogen) atoms. The molecule has 0 radical (unpaired) electrons. The predicted octanol–water partition coefficient (Wildman–Crippen LogP) is 2.02. The van der Waals surface area contributed by atoms with Crippen LogP contribution in [0.25, 0.3) is 0 Å². The molecule has 1 aliphatic rings. The molecule has 114 valence electrons. The van der Waals surface area contributed by atoms with E-state index in [1.54, 1.807) is 24.3 Å². The third-order valence-corrected chi connectivity index (χ3v) is 14.8. The number of hydrogen-bond acceptors (Lipinski definition) is 3. The van der Waals surface area contributed by atoms with Gasteiger partial charge in [0.15, 0.2) is 0 Å². The van der Waals surface area contributed by atoms with Crippen LogP contribution in [-0.2, 0) is 9.84 Å². The fraction of sp³-hybridized carbons (Fsp3) is 0. The molecule has 3 nitrogen and oxygen atoms in total. The summed E-state index contributed by atoms with van der Waals surface area (Å²) in [5, 5.41) is 0. The molecule has 0 N–H and O–H groups in total. The molecular weight excluding hydrogens is 505 g/mol. The van der Waals surface area contributed by atoms with Crippen LogP contribution in [0.2, 0.25) is 0 Å². The standard InChI is InChI=1S/C12H8O2S.C6H6O.Bi/c13-15(14,11-7-3-1-4-8-11)12-9-5-2-6-10-12;7-6-4-2-1-3-5-6;/h1-7,9H;1-5,7H;/q;;+1/p-1. The summed E-state index contributed by atoms with van der Waals surface area (Å²) < 4.78 is 33.8. The van der Waals surface area contributed by atoms with Gasteiger partial charge in [-0.15, -0.1) is 0 Å². The number of benzene rings is 3. The third kappa shape index (κ3) is 2.48. The topological polar surface area (TPSA) is 43.4 Å². The molecule has 0 aromatic heterocycles. The molecule has 0 unspecified atom stereocenters. The fourth-order valence-electron chi connectivity index (χ4n) is 2.64. The van der Waals surface area contributed by atoms with Gasteiger partial charge in [-0.1, -0.05) is 0 Å². The maximum atomic E-state index is 12.9. The van der Waals surface area contributed by atoms with Crippen LogP contribution in [0.4, 0.5) is 0 Å². The van der Waals surface area contributed by atoms with Gasteiger partial charge in [-0.05, 0) is 0 Å². The molecule has 1 heterocycles. The monoisotopic (exact) mass is 518 g/mol. The molecule has 0 atom stereocenters. The number of para-hydroxylation sites is 1. The van der Waals surface area contributed by atoms with Crippen LogP contribution in [-0.4, -0.2) is 30.6 Å². The number of sulfone groups is 1. The van der Waals surface area contributed by atoms with Crippen molar-refractivity contribution < 1.29 is 11.2 Å². The third-order valence-electron chi connectivity index (χ3n) is 3.69. The summed E-state index contributed by atoms with van der Waals surface area (Å²) in [5.74, 6) is 0.800. The second-order valence-corrected chi connectivity index (χ2v) is 13.8. The van der Waals surface area contributed by atoms with Gasteiger partial charge in [-0.2, -0.15) is 0 Å². The van der Waals surface area contributed by atoms with Crippen molar-refractivity contribution in [3.63, 3.8) is 0 Å². The van der Waals surface area contributed by atoms with E-state index in [1.807, 2.05) is 54.6 Å². The van der Waals surface area contributed by atoms with Crippen molar-refractivity contribution in [3.05, 3.63) is 78.9 Å². The average Bonchev–Trinajstić information content (AvgIpc) is 2.60. The Bertz CT molecular complexity index is 915. The van der Waals surface area contributed by atoms with Crippen LogP contribution in [0, 0.1) is 0 Å². The van der Waals surface area contributed by atoms with E-state index >= 15 is 0 Å². The van der Waals surface area contributed by atoms with Gasteiger partial charge in [0.05, 0.1) is 0 Å². The van der Waals surface area contributed by atoms with E-state index in [4.69, 9.17) is 2.81 Å². The second-order valence-electron chi connectivity index (χ2n) is 5.14. The van der Waals surface area contributed by atoms with E-state index in [2.05, 4.69) is 0 Å². The van der Waals surface area contributed by atoms with Crippen molar-refractivity contribution in [2.45, 2.75) is 9.79 Å². The van der Waals surface area contributed by atoms with Gasteiger partial charge in [0.25, 0.3) is 0 Å². The van der Waals surface area contributed by atoms with Crippen LogP contribution in [0.15, 0.2) is 88.7 Å². The van der Waals surface area contributed by atoms with Gasteiger partial charge in [-0.3, -0.25) is 0 Å². The quantitative estimate of drug-likeness (QED) is 0.488. The average molecular weight is 518 g/mol. The molecule has 5 heteroatoms. The van der Waals surface area contributed by atoms with E-state index in [-0.39, 0.29) is 0 Å². The van der Waals surface area contributed by atoms with Crippen LogP contribution in [0.3, 0.4) is 0 Å². The first-order valence-corrected chi connectivity index (χ1v) is 13.5. The molecule has 0 aliphatic carbocycles. The van der Waals surface area contributed by atoms with Crippen molar-refractivity contribution in [1.82, 2.24) is 0 Å². The number of hydrogen-bond donors (Lipinski definition) is 0. The van der Waals surface area contributed by atoms with Crippen LogP contribution >= 0.6 is 0 Å². The van der Waals surface area contributed by atoms with Crippen molar-refractivity contribution in [1.29, 1.82) is 0 Å². The molecule has 1 aliphatic heterocycles. The first kappa shape index (κ1) is 14.9. The normalized spacial score (nSPS) is 15.5. The summed E-state index contributed by atoms with van der Waals surface area (Å²) in [5.41, 5.74) is 0. The van der Waals surface area contributed by atoms with E-state index in [1.165, 1.54) is 0 Å². The summed E-state index contributed by atoms with van der Waals surface area (Å²) in [4.78, 5) is 0.819. The summed E-state index contributed by atoms with van der Waals surface area (Å²) in [6, 6.07) is 24.2. The van der Waals surface area contributed by atoms with Crippen molar-refractivity contribution in [2.24, 2.45) is 0 Å². The summed E-state index contributed by atoms with van der Waals surface area (Å²) in [6.07, 6.45) is 0. The minimum atomic E-state index is -3.46. The molecule has 0 spiro atoms. The Morgan fingerprint density at radius 1 is 0.652 bits per heavy atom.